The number of benzene rings is 5. The summed E-state index contributed by atoms with van der Waals surface area (Å²) in [6.07, 6.45) is 0. The van der Waals surface area contributed by atoms with E-state index in [1.54, 1.807) is 24.3 Å². The molecule has 5 rings (SSSR count). The minimum atomic E-state index is -3.35. The zero-order chi connectivity index (χ0) is 21.6. The van der Waals surface area contributed by atoms with Crippen LogP contribution in [0.5, 0.6) is 11.5 Å². The molecule has 2 N–H and O–H groups in total. The molecule has 0 aliphatic heterocycles. The van der Waals surface area contributed by atoms with Gasteiger partial charge < -0.3 is 14.8 Å². The zero-order valence-electron chi connectivity index (χ0n) is 17.0. The molecule has 152 valence electrons. The first-order valence-corrected chi connectivity index (χ1v) is 11.8. The lowest BCUT2D eigenvalue weighted by atomic mass is 10.1. The Morgan fingerprint density at radius 1 is 0.548 bits per heavy atom. The topological polar surface area (TPSA) is 57.5 Å². The van der Waals surface area contributed by atoms with Crippen molar-refractivity contribution >= 4 is 44.6 Å². The van der Waals surface area contributed by atoms with E-state index in [9.17, 15) is 10.2 Å². The third kappa shape index (κ3) is 3.01. The van der Waals surface area contributed by atoms with E-state index < -0.39 is 7.14 Å². The van der Waals surface area contributed by atoms with Crippen LogP contribution in [-0.4, -0.2) is 10.2 Å². The monoisotopic (exact) mass is 424 g/mol. The van der Waals surface area contributed by atoms with Gasteiger partial charge in [0.05, 0.1) is 0 Å². The highest BCUT2D eigenvalue weighted by molar-refractivity contribution is 7.86. The van der Waals surface area contributed by atoms with Crippen molar-refractivity contribution in [2.45, 2.75) is 6.92 Å². The Kier molecular flexibility index (Phi) is 4.57. The quantitative estimate of drug-likeness (QED) is 0.384. The average molecular weight is 424 g/mol. The Bertz CT molecular complexity index is 1400. The number of aromatic hydroxyl groups is 2. The van der Waals surface area contributed by atoms with Gasteiger partial charge in [0.1, 0.15) is 11.5 Å². The first-order chi connectivity index (χ1) is 15.0. The molecule has 4 heteroatoms. The molecule has 5 aromatic rings. The molecule has 0 saturated carbocycles. The minimum absolute atomic E-state index is 0.158. The summed E-state index contributed by atoms with van der Waals surface area (Å²) in [6.45, 7) is 2.00. The normalized spacial score (nSPS) is 11.8. The molecule has 0 aromatic heterocycles. The summed E-state index contributed by atoms with van der Waals surface area (Å²) in [5.74, 6) is 0.316. The van der Waals surface area contributed by atoms with Gasteiger partial charge in [0, 0.05) is 26.7 Å². The van der Waals surface area contributed by atoms with E-state index in [1.807, 2.05) is 79.7 Å². The number of phenolic OH excluding ortho intramolecular Hbond substituents is 2. The van der Waals surface area contributed by atoms with Crippen LogP contribution in [0.4, 0.5) is 0 Å². The third-order valence-electron chi connectivity index (χ3n) is 5.83. The number of fused-ring (bicyclic) bond motifs is 2. The second-order valence-electron chi connectivity index (χ2n) is 7.74. The van der Waals surface area contributed by atoms with Gasteiger partial charge in [-0.2, -0.15) is 0 Å². The Labute approximate surface area is 180 Å². The maximum Gasteiger partial charge on any atom is 0.172 e. The Balaban J connectivity index is 1.95. The molecule has 0 heterocycles. The summed E-state index contributed by atoms with van der Waals surface area (Å²) >= 11 is 0. The van der Waals surface area contributed by atoms with Crippen LogP contribution in [0.15, 0.2) is 97.1 Å². The molecule has 0 bridgehead atoms. The second kappa shape index (κ2) is 7.30. The van der Waals surface area contributed by atoms with Crippen LogP contribution in [-0.2, 0) is 4.57 Å². The van der Waals surface area contributed by atoms with E-state index in [2.05, 4.69) is 0 Å². The molecule has 5 aromatic carbocycles. The molecular weight excluding hydrogens is 403 g/mol. The van der Waals surface area contributed by atoms with Gasteiger partial charge in [-0.25, -0.2) is 0 Å². The number of aryl methyl sites for hydroxylation is 1. The van der Waals surface area contributed by atoms with Gasteiger partial charge in [0.15, 0.2) is 7.14 Å². The molecule has 0 aliphatic rings. The van der Waals surface area contributed by atoms with Crippen LogP contribution in [0, 0.1) is 6.92 Å². The number of phenols is 2. The molecule has 31 heavy (non-hydrogen) atoms. The van der Waals surface area contributed by atoms with Crippen LogP contribution >= 0.6 is 7.14 Å². The van der Waals surface area contributed by atoms with Gasteiger partial charge in [-0.15, -0.1) is 0 Å². The summed E-state index contributed by atoms with van der Waals surface area (Å²) < 4.78 is 15.2. The van der Waals surface area contributed by atoms with Crippen molar-refractivity contribution in [3.05, 3.63) is 103 Å². The van der Waals surface area contributed by atoms with Gasteiger partial charge in [-0.1, -0.05) is 90.5 Å². The molecule has 0 saturated heterocycles. The second-order valence-corrected chi connectivity index (χ2v) is 10.4. The van der Waals surface area contributed by atoms with Crippen molar-refractivity contribution in [3.63, 3.8) is 0 Å². The summed E-state index contributed by atoms with van der Waals surface area (Å²) in [4.78, 5) is 0. The first kappa shape index (κ1) is 19.4. The third-order valence-corrected chi connectivity index (χ3v) is 8.99. The van der Waals surface area contributed by atoms with Crippen LogP contribution in [0.1, 0.15) is 5.56 Å². The zero-order valence-corrected chi connectivity index (χ0v) is 17.9. The molecule has 0 amide bonds. The molecule has 0 radical (unpaired) electrons. The van der Waals surface area contributed by atoms with E-state index >= 15 is 4.57 Å². The fraction of sp³-hybridized carbons (Fsp3) is 0.0370. The van der Waals surface area contributed by atoms with E-state index in [0.717, 1.165) is 16.3 Å². The molecular formula is C27H21O3P. The van der Waals surface area contributed by atoms with Gasteiger partial charge in [-0.3, -0.25) is 0 Å². The van der Waals surface area contributed by atoms with Crippen molar-refractivity contribution in [3.8, 4) is 11.5 Å². The highest BCUT2D eigenvalue weighted by atomic mass is 31.2. The van der Waals surface area contributed by atoms with Crippen LogP contribution in [0.2, 0.25) is 0 Å². The van der Waals surface area contributed by atoms with Crippen molar-refractivity contribution in [2.75, 3.05) is 0 Å². The van der Waals surface area contributed by atoms with E-state index in [0.29, 0.717) is 26.7 Å². The summed E-state index contributed by atoms with van der Waals surface area (Å²) in [5, 5.41) is 25.7. The standard InChI is InChI=1S/C27H21O3P/c1-18-14-16-19(17-15-18)31(30,26-12-4-6-20-22(26)8-2-10-24(20)28)27-13-5-7-21-23(27)9-3-11-25(21)29/h2-17,28-29H,1H3. The molecule has 0 spiro atoms. The van der Waals surface area contributed by atoms with Gasteiger partial charge in [0.2, 0.25) is 0 Å². The van der Waals surface area contributed by atoms with Crippen molar-refractivity contribution in [2.24, 2.45) is 0 Å². The van der Waals surface area contributed by atoms with Crippen molar-refractivity contribution < 1.29 is 14.8 Å². The Morgan fingerprint density at radius 2 is 0.968 bits per heavy atom. The number of rotatable bonds is 3. The highest BCUT2D eigenvalue weighted by Gasteiger charge is 2.33. The summed E-state index contributed by atoms with van der Waals surface area (Å²) in [7, 11) is -3.35. The largest absolute Gasteiger partial charge is 0.507 e. The Hall–Kier alpha value is -3.55. The lowest BCUT2D eigenvalue weighted by Crippen LogP contribution is -2.26. The van der Waals surface area contributed by atoms with Gasteiger partial charge in [-0.05, 0) is 29.8 Å². The molecule has 3 nitrogen and oxygen atoms in total. The van der Waals surface area contributed by atoms with Gasteiger partial charge >= 0.3 is 0 Å². The minimum Gasteiger partial charge on any atom is -0.507 e. The van der Waals surface area contributed by atoms with Gasteiger partial charge in [0.25, 0.3) is 0 Å². The average Bonchev–Trinajstić information content (AvgIpc) is 2.79. The van der Waals surface area contributed by atoms with E-state index in [1.165, 1.54) is 0 Å². The molecule has 0 aliphatic carbocycles. The lowest BCUT2D eigenvalue weighted by Gasteiger charge is -2.23. The fourth-order valence-electron chi connectivity index (χ4n) is 4.27. The maximum atomic E-state index is 15.2. The molecule has 0 unspecified atom stereocenters. The van der Waals surface area contributed by atoms with E-state index in [-0.39, 0.29) is 11.5 Å². The maximum absolute atomic E-state index is 15.2. The summed E-state index contributed by atoms with van der Waals surface area (Å²) in [6, 6.07) is 29.5. The smallest absolute Gasteiger partial charge is 0.172 e. The first-order valence-electron chi connectivity index (χ1n) is 10.1. The van der Waals surface area contributed by atoms with Crippen molar-refractivity contribution in [1.29, 1.82) is 0 Å². The predicted octanol–water partition coefficient (Wildman–Crippen LogP) is 5.35. The summed E-state index contributed by atoms with van der Waals surface area (Å²) in [5.41, 5.74) is 1.08. The number of hydrogen-bond donors (Lipinski definition) is 2. The Morgan fingerprint density at radius 3 is 1.45 bits per heavy atom. The van der Waals surface area contributed by atoms with E-state index in [4.69, 9.17) is 0 Å². The van der Waals surface area contributed by atoms with Crippen LogP contribution < -0.4 is 15.9 Å². The highest BCUT2D eigenvalue weighted by Crippen LogP contribution is 2.47. The predicted molar refractivity (Wildman–Crippen MR) is 129 cm³/mol. The van der Waals surface area contributed by atoms with Crippen LogP contribution in [0.25, 0.3) is 21.5 Å². The SMILES string of the molecule is Cc1ccc(P(=O)(c2cccc3c(O)cccc23)c2cccc3c(O)cccc23)cc1. The van der Waals surface area contributed by atoms with Crippen molar-refractivity contribution in [1.82, 2.24) is 0 Å². The fourth-order valence-corrected chi connectivity index (χ4v) is 7.31. The van der Waals surface area contributed by atoms with Crippen LogP contribution in [0.3, 0.4) is 0 Å². The number of hydrogen-bond acceptors (Lipinski definition) is 3. The lowest BCUT2D eigenvalue weighted by molar-refractivity contribution is 0.481. The molecule has 0 atom stereocenters. The molecule has 0 fully saturated rings.